The van der Waals surface area contributed by atoms with Gasteiger partial charge in [0.05, 0.1) is 0 Å². The zero-order valence-corrected chi connectivity index (χ0v) is 16.9. The van der Waals surface area contributed by atoms with Crippen LogP contribution in [0.1, 0.15) is 28.7 Å². The van der Waals surface area contributed by atoms with Gasteiger partial charge in [0.15, 0.2) is 0 Å². The minimum Gasteiger partial charge on any atom is -0.355 e. The van der Waals surface area contributed by atoms with Gasteiger partial charge in [0.1, 0.15) is 0 Å². The summed E-state index contributed by atoms with van der Waals surface area (Å²) in [6, 6.07) is 11.9. The highest BCUT2D eigenvalue weighted by Crippen LogP contribution is 2.27. The smallest absolute Gasteiger partial charge is 0.220 e. The Morgan fingerprint density at radius 3 is 2.48 bits per heavy atom. The fourth-order valence-corrected chi connectivity index (χ4v) is 4.01. The lowest BCUT2D eigenvalue weighted by Crippen LogP contribution is -2.25. The molecule has 25 heavy (non-hydrogen) atoms. The molecule has 0 radical (unpaired) electrons. The van der Waals surface area contributed by atoms with E-state index in [0.717, 1.165) is 23.5 Å². The molecule has 5 heteroatoms. The molecule has 0 aliphatic rings. The van der Waals surface area contributed by atoms with E-state index in [1.165, 1.54) is 16.7 Å². The molecule has 0 saturated heterocycles. The molecular formula is C20H23Cl2NOS. The summed E-state index contributed by atoms with van der Waals surface area (Å²) in [4.78, 5) is 11.9. The maximum atomic E-state index is 11.9. The highest BCUT2D eigenvalue weighted by atomic mass is 35.5. The fraction of sp³-hybridized carbons (Fsp3) is 0.350. The third kappa shape index (κ3) is 6.58. The first-order valence-corrected chi connectivity index (χ1v) is 10.2. The molecule has 1 N–H and O–H groups in total. The molecule has 2 rings (SSSR count). The Morgan fingerprint density at radius 1 is 1.08 bits per heavy atom. The van der Waals surface area contributed by atoms with Crippen LogP contribution in [-0.2, 0) is 17.0 Å². The predicted octanol–water partition coefficient (Wildman–Crippen LogP) is 5.59. The van der Waals surface area contributed by atoms with Gasteiger partial charge in [0.25, 0.3) is 0 Å². The van der Waals surface area contributed by atoms with Crippen molar-refractivity contribution in [2.24, 2.45) is 0 Å². The highest BCUT2D eigenvalue weighted by Gasteiger charge is 2.06. The normalized spacial score (nSPS) is 10.7. The van der Waals surface area contributed by atoms with Crippen molar-refractivity contribution in [1.29, 1.82) is 0 Å². The topological polar surface area (TPSA) is 29.1 Å². The van der Waals surface area contributed by atoms with Gasteiger partial charge in [-0.3, -0.25) is 4.79 Å². The van der Waals surface area contributed by atoms with Gasteiger partial charge >= 0.3 is 0 Å². The lowest BCUT2D eigenvalue weighted by atomic mass is 10.0. The van der Waals surface area contributed by atoms with Crippen molar-refractivity contribution in [1.82, 2.24) is 5.32 Å². The Bertz CT molecular complexity index is 713. The zero-order chi connectivity index (χ0) is 18.2. The molecule has 0 bridgehead atoms. The number of nitrogens with one attached hydrogen (secondary N) is 1. The van der Waals surface area contributed by atoms with Crippen LogP contribution in [0.15, 0.2) is 36.4 Å². The Kier molecular flexibility index (Phi) is 8.14. The van der Waals surface area contributed by atoms with Crippen LogP contribution in [0.4, 0.5) is 0 Å². The van der Waals surface area contributed by atoms with Gasteiger partial charge in [-0.05, 0) is 54.7 Å². The molecular weight excluding hydrogens is 373 g/mol. The van der Waals surface area contributed by atoms with Crippen LogP contribution in [0.3, 0.4) is 0 Å². The molecule has 0 spiro atoms. The summed E-state index contributed by atoms with van der Waals surface area (Å²) in [5, 5.41) is 4.35. The van der Waals surface area contributed by atoms with Crippen molar-refractivity contribution in [3.05, 3.63) is 68.7 Å². The molecule has 2 aromatic rings. The number of carbonyl (C=O) groups excluding carboxylic acids is 1. The van der Waals surface area contributed by atoms with Gasteiger partial charge in [-0.25, -0.2) is 0 Å². The lowest BCUT2D eigenvalue weighted by Gasteiger charge is -2.08. The summed E-state index contributed by atoms with van der Waals surface area (Å²) in [5.41, 5.74) is 4.72. The zero-order valence-electron chi connectivity index (χ0n) is 14.6. The number of hydrogen-bond acceptors (Lipinski definition) is 2. The number of benzene rings is 2. The van der Waals surface area contributed by atoms with E-state index in [1.807, 2.05) is 18.2 Å². The number of carbonyl (C=O) groups is 1. The molecule has 0 saturated carbocycles. The molecule has 0 atom stereocenters. The van der Waals surface area contributed by atoms with E-state index in [2.05, 4.69) is 37.4 Å². The van der Waals surface area contributed by atoms with Gasteiger partial charge in [-0.15, -0.1) is 0 Å². The van der Waals surface area contributed by atoms with E-state index in [-0.39, 0.29) is 5.91 Å². The number of aryl methyl sites for hydroxylation is 3. The van der Waals surface area contributed by atoms with E-state index in [1.54, 1.807) is 11.8 Å². The predicted molar refractivity (Wildman–Crippen MR) is 110 cm³/mol. The maximum absolute atomic E-state index is 11.9. The van der Waals surface area contributed by atoms with Crippen LogP contribution in [0.2, 0.25) is 10.0 Å². The van der Waals surface area contributed by atoms with E-state index in [4.69, 9.17) is 23.2 Å². The Hall–Kier alpha value is -1.16. The summed E-state index contributed by atoms with van der Waals surface area (Å²) in [6.45, 7) is 4.85. The minimum absolute atomic E-state index is 0.0922. The molecule has 0 heterocycles. The monoisotopic (exact) mass is 395 g/mol. The van der Waals surface area contributed by atoms with Crippen molar-refractivity contribution < 1.29 is 4.79 Å². The van der Waals surface area contributed by atoms with E-state index < -0.39 is 0 Å². The SMILES string of the molecule is Cc1ccc(CCC(=O)NCCSCc2c(Cl)cccc2Cl)cc1C. The largest absolute Gasteiger partial charge is 0.355 e. The Morgan fingerprint density at radius 2 is 1.80 bits per heavy atom. The number of amides is 1. The summed E-state index contributed by atoms with van der Waals surface area (Å²) < 4.78 is 0. The van der Waals surface area contributed by atoms with Crippen LogP contribution >= 0.6 is 35.0 Å². The van der Waals surface area contributed by atoms with E-state index in [9.17, 15) is 4.79 Å². The molecule has 0 aliphatic carbocycles. The number of halogens is 2. The molecule has 0 aromatic heterocycles. The summed E-state index contributed by atoms with van der Waals surface area (Å²) in [5.74, 6) is 1.67. The quantitative estimate of drug-likeness (QED) is 0.589. The number of hydrogen-bond donors (Lipinski definition) is 1. The van der Waals surface area contributed by atoms with Crippen LogP contribution in [0.5, 0.6) is 0 Å². The Labute approximate surface area is 164 Å². The summed E-state index contributed by atoms with van der Waals surface area (Å²) >= 11 is 14.0. The van der Waals surface area contributed by atoms with Crippen LogP contribution in [-0.4, -0.2) is 18.2 Å². The number of thioether (sulfide) groups is 1. The van der Waals surface area contributed by atoms with Crippen molar-refractivity contribution in [3.63, 3.8) is 0 Å². The van der Waals surface area contributed by atoms with Crippen molar-refractivity contribution in [2.45, 2.75) is 32.4 Å². The first-order chi connectivity index (χ1) is 12.0. The first-order valence-electron chi connectivity index (χ1n) is 8.31. The fourth-order valence-electron chi connectivity index (χ4n) is 2.41. The van der Waals surface area contributed by atoms with Gasteiger partial charge in [0, 0.05) is 34.5 Å². The molecule has 1 amide bonds. The van der Waals surface area contributed by atoms with Gasteiger partial charge in [-0.1, -0.05) is 47.5 Å². The average Bonchev–Trinajstić information content (AvgIpc) is 2.58. The molecule has 2 nitrogen and oxygen atoms in total. The Balaban J connectivity index is 1.64. The van der Waals surface area contributed by atoms with Crippen LogP contribution in [0.25, 0.3) is 0 Å². The van der Waals surface area contributed by atoms with Crippen LogP contribution < -0.4 is 5.32 Å². The first kappa shape index (κ1) is 20.2. The van der Waals surface area contributed by atoms with Gasteiger partial charge in [-0.2, -0.15) is 11.8 Å². The second-order valence-corrected chi connectivity index (χ2v) is 7.94. The van der Waals surface area contributed by atoms with Gasteiger partial charge < -0.3 is 5.32 Å². The van der Waals surface area contributed by atoms with E-state index in [0.29, 0.717) is 23.0 Å². The average molecular weight is 396 g/mol. The summed E-state index contributed by atoms with van der Waals surface area (Å²) in [6.07, 6.45) is 1.29. The maximum Gasteiger partial charge on any atom is 0.220 e. The van der Waals surface area contributed by atoms with Gasteiger partial charge in [0.2, 0.25) is 5.91 Å². The third-order valence-electron chi connectivity index (χ3n) is 4.09. The second kappa shape index (κ2) is 10.1. The van der Waals surface area contributed by atoms with Crippen molar-refractivity contribution in [2.75, 3.05) is 12.3 Å². The van der Waals surface area contributed by atoms with E-state index >= 15 is 0 Å². The van der Waals surface area contributed by atoms with Crippen molar-refractivity contribution >= 4 is 40.9 Å². The second-order valence-electron chi connectivity index (χ2n) is 6.02. The molecule has 0 aliphatic heterocycles. The molecule has 134 valence electrons. The summed E-state index contributed by atoms with van der Waals surface area (Å²) in [7, 11) is 0. The standard InChI is InChI=1S/C20H23Cl2NOS/c1-14-6-7-16(12-15(14)2)8-9-20(24)23-10-11-25-13-17-18(21)4-3-5-19(17)22/h3-7,12H,8-11,13H2,1-2H3,(H,23,24). The van der Waals surface area contributed by atoms with Crippen molar-refractivity contribution in [3.8, 4) is 0 Å². The number of rotatable bonds is 8. The minimum atomic E-state index is 0.0922. The highest BCUT2D eigenvalue weighted by molar-refractivity contribution is 7.98. The van der Waals surface area contributed by atoms with Crippen LogP contribution in [0, 0.1) is 13.8 Å². The molecule has 2 aromatic carbocycles. The molecule has 0 unspecified atom stereocenters. The lowest BCUT2D eigenvalue weighted by molar-refractivity contribution is -0.120. The third-order valence-corrected chi connectivity index (χ3v) is 5.78. The molecule has 0 fully saturated rings.